The van der Waals surface area contributed by atoms with Gasteiger partial charge in [-0.1, -0.05) is 30.3 Å². The number of alkyl carbamates (subject to hydrolysis) is 1. The zero-order chi connectivity index (χ0) is 25.4. The molecule has 0 spiro atoms. The van der Waals surface area contributed by atoms with Gasteiger partial charge in [-0.25, -0.2) is 4.79 Å². The molecule has 0 saturated carbocycles. The Morgan fingerprint density at radius 3 is 2.46 bits per heavy atom. The highest BCUT2D eigenvalue weighted by molar-refractivity contribution is 7.86. The number of nitrogens with one attached hydrogen (secondary N) is 1. The van der Waals surface area contributed by atoms with Crippen LogP contribution < -0.4 is 14.2 Å². The number of ether oxygens (including phenoxy) is 2. The van der Waals surface area contributed by atoms with Crippen molar-refractivity contribution in [1.82, 2.24) is 10.2 Å². The van der Waals surface area contributed by atoms with Crippen LogP contribution in [0.4, 0.5) is 4.79 Å². The fraction of sp³-hybridized carbons (Fsp3) is 0.500. The number of carbonyl (C=O) groups excluding carboxylic acids is 1. The lowest BCUT2D eigenvalue weighted by Gasteiger charge is -2.47. The fourth-order valence-electron chi connectivity index (χ4n) is 5.08. The quantitative estimate of drug-likeness (QED) is 0.618. The van der Waals surface area contributed by atoms with Gasteiger partial charge < -0.3 is 19.0 Å². The summed E-state index contributed by atoms with van der Waals surface area (Å²) in [7, 11) is -2.19. The Labute approximate surface area is 207 Å². The minimum Gasteiger partial charge on any atom is -0.493 e. The van der Waals surface area contributed by atoms with E-state index in [1.807, 2.05) is 45.0 Å². The molecule has 3 atom stereocenters. The molecule has 1 saturated heterocycles. The van der Waals surface area contributed by atoms with Crippen molar-refractivity contribution in [3.05, 3.63) is 59.2 Å². The van der Waals surface area contributed by atoms with E-state index in [0.29, 0.717) is 12.2 Å². The highest BCUT2D eigenvalue weighted by Crippen LogP contribution is 2.45. The molecule has 0 unspecified atom stereocenters. The zero-order valence-corrected chi connectivity index (χ0v) is 21.7. The number of piperidine rings is 1. The monoisotopic (exact) mass is 502 g/mol. The van der Waals surface area contributed by atoms with Crippen molar-refractivity contribution < 1.29 is 26.9 Å². The predicted molar refractivity (Wildman–Crippen MR) is 133 cm³/mol. The van der Waals surface area contributed by atoms with E-state index in [-0.39, 0.29) is 23.8 Å². The molecule has 9 heteroatoms. The topological polar surface area (TPSA) is 94.2 Å². The summed E-state index contributed by atoms with van der Waals surface area (Å²) in [5.41, 5.74) is 2.68. The molecule has 2 aromatic carbocycles. The van der Waals surface area contributed by atoms with Crippen LogP contribution in [-0.4, -0.2) is 57.5 Å². The van der Waals surface area contributed by atoms with Crippen molar-refractivity contribution in [3.8, 4) is 11.5 Å². The third-order valence-corrected chi connectivity index (χ3v) is 6.94. The van der Waals surface area contributed by atoms with Crippen LogP contribution in [0.1, 0.15) is 55.8 Å². The fourth-order valence-corrected chi connectivity index (χ4v) is 5.54. The molecular formula is C26H34N2O6S. The number of rotatable bonds is 5. The van der Waals surface area contributed by atoms with Gasteiger partial charge in [0, 0.05) is 31.1 Å². The van der Waals surface area contributed by atoms with Crippen LogP contribution in [0.25, 0.3) is 0 Å². The molecule has 4 rings (SSSR count). The molecule has 0 aromatic heterocycles. The number of methoxy groups -OCH3 is 1. The first-order valence-corrected chi connectivity index (χ1v) is 13.6. The average Bonchev–Trinajstić information content (AvgIpc) is 2.76. The Hall–Kier alpha value is -2.78. The minimum atomic E-state index is -3.69. The highest BCUT2D eigenvalue weighted by atomic mass is 32.2. The van der Waals surface area contributed by atoms with Gasteiger partial charge in [0.2, 0.25) is 0 Å². The third-order valence-electron chi connectivity index (χ3n) is 6.46. The van der Waals surface area contributed by atoms with Gasteiger partial charge in [0.1, 0.15) is 5.60 Å². The van der Waals surface area contributed by atoms with Crippen molar-refractivity contribution in [1.29, 1.82) is 0 Å². The number of carbonyl (C=O) groups is 1. The zero-order valence-electron chi connectivity index (χ0n) is 20.9. The maximum absolute atomic E-state index is 12.7. The number of fused-ring (bicyclic) bond motifs is 3. The summed E-state index contributed by atoms with van der Waals surface area (Å²) in [4.78, 5) is 15.2. The summed E-state index contributed by atoms with van der Waals surface area (Å²) in [6, 6.07) is 13.8. The van der Waals surface area contributed by atoms with E-state index in [4.69, 9.17) is 13.7 Å². The van der Waals surface area contributed by atoms with Crippen LogP contribution in [0.15, 0.2) is 42.5 Å². The molecule has 2 aliphatic rings. The van der Waals surface area contributed by atoms with Crippen LogP contribution in [0, 0.1) is 0 Å². The molecule has 2 heterocycles. The Kier molecular flexibility index (Phi) is 7.02. The van der Waals surface area contributed by atoms with Gasteiger partial charge in [0.15, 0.2) is 11.5 Å². The Morgan fingerprint density at radius 2 is 1.83 bits per heavy atom. The highest BCUT2D eigenvalue weighted by Gasteiger charge is 2.41. The number of amides is 1. The normalized spacial score (nSPS) is 22.5. The number of benzene rings is 2. The van der Waals surface area contributed by atoms with Gasteiger partial charge in [-0.2, -0.15) is 8.42 Å². The number of hydrogen-bond donors (Lipinski definition) is 1. The average molecular weight is 503 g/mol. The lowest BCUT2D eigenvalue weighted by atomic mass is 9.78. The van der Waals surface area contributed by atoms with Crippen LogP contribution in [0.3, 0.4) is 0 Å². The second-order valence-electron chi connectivity index (χ2n) is 10.3. The van der Waals surface area contributed by atoms with Crippen LogP contribution in [-0.2, 0) is 21.3 Å². The summed E-state index contributed by atoms with van der Waals surface area (Å²) >= 11 is 0. The van der Waals surface area contributed by atoms with Crippen molar-refractivity contribution in [2.75, 3.05) is 26.5 Å². The van der Waals surface area contributed by atoms with Crippen molar-refractivity contribution in [2.24, 2.45) is 0 Å². The maximum Gasteiger partial charge on any atom is 0.407 e. The summed E-state index contributed by atoms with van der Waals surface area (Å²) < 4.78 is 39.7. The van der Waals surface area contributed by atoms with Crippen LogP contribution in [0.2, 0.25) is 0 Å². The van der Waals surface area contributed by atoms with E-state index >= 15 is 0 Å². The second kappa shape index (κ2) is 9.70. The molecule has 1 N–H and O–H groups in total. The first kappa shape index (κ1) is 25.3. The Balaban J connectivity index is 1.67. The van der Waals surface area contributed by atoms with Crippen molar-refractivity contribution >= 4 is 16.2 Å². The molecule has 0 radical (unpaired) electrons. The predicted octanol–water partition coefficient (Wildman–Crippen LogP) is 4.01. The molecule has 35 heavy (non-hydrogen) atoms. The van der Waals surface area contributed by atoms with E-state index in [9.17, 15) is 13.2 Å². The van der Waals surface area contributed by atoms with Crippen LogP contribution >= 0.6 is 0 Å². The Morgan fingerprint density at radius 1 is 1.11 bits per heavy atom. The molecule has 190 valence electrons. The van der Waals surface area contributed by atoms with Gasteiger partial charge in [0.25, 0.3) is 0 Å². The van der Waals surface area contributed by atoms with Gasteiger partial charge in [-0.15, -0.1) is 0 Å². The maximum atomic E-state index is 12.7. The molecule has 1 fully saturated rings. The smallest absolute Gasteiger partial charge is 0.407 e. The molecule has 0 bridgehead atoms. The van der Waals surface area contributed by atoms with E-state index in [2.05, 4.69) is 22.3 Å². The van der Waals surface area contributed by atoms with E-state index in [1.165, 1.54) is 12.7 Å². The van der Waals surface area contributed by atoms with Gasteiger partial charge in [0.05, 0.1) is 13.4 Å². The molecule has 2 aliphatic heterocycles. The number of hydrogen-bond acceptors (Lipinski definition) is 7. The lowest BCUT2D eigenvalue weighted by Crippen LogP contribution is -2.53. The Bertz CT molecular complexity index is 1180. The summed E-state index contributed by atoms with van der Waals surface area (Å²) in [5.74, 6) is 0.678. The summed E-state index contributed by atoms with van der Waals surface area (Å²) in [6.45, 7) is 7.15. The minimum absolute atomic E-state index is 0.0415. The van der Waals surface area contributed by atoms with Gasteiger partial charge in [-0.3, -0.25) is 4.90 Å². The summed E-state index contributed by atoms with van der Waals surface area (Å²) in [5, 5.41) is 3.14. The van der Waals surface area contributed by atoms with E-state index in [0.717, 1.165) is 36.9 Å². The van der Waals surface area contributed by atoms with E-state index < -0.39 is 21.8 Å². The molecule has 1 amide bonds. The van der Waals surface area contributed by atoms with Crippen molar-refractivity contribution in [3.63, 3.8) is 0 Å². The van der Waals surface area contributed by atoms with Crippen molar-refractivity contribution in [2.45, 2.75) is 57.2 Å². The van der Waals surface area contributed by atoms with E-state index in [1.54, 1.807) is 6.07 Å². The molecule has 0 aliphatic carbocycles. The lowest BCUT2D eigenvalue weighted by molar-refractivity contribution is 0.0413. The SMILES string of the molecule is COc1cc2c(cc1OS(C)(=O)=O)CCN1C[C@@H](c3ccccc3)[C@H](NC(=O)OC(C)(C)C)C[C@H]21. The van der Waals surface area contributed by atoms with Gasteiger partial charge >= 0.3 is 16.2 Å². The first-order chi connectivity index (χ1) is 16.4. The third kappa shape index (κ3) is 6.08. The van der Waals surface area contributed by atoms with Gasteiger partial charge in [-0.05, 0) is 62.4 Å². The first-order valence-electron chi connectivity index (χ1n) is 11.8. The second-order valence-corrected chi connectivity index (χ2v) is 11.8. The molecule has 2 aromatic rings. The van der Waals surface area contributed by atoms with Crippen LogP contribution in [0.5, 0.6) is 11.5 Å². The standard InChI is InChI=1S/C26H34N2O6S/c1-26(2,3)33-25(29)27-21-15-22-19-14-23(32-4)24(34-35(5,30)31)13-18(19)11-12-28(22)16-20(21)17-9-7-6-8-10-17/h6-10,13-14,20-22H,11-12,15-16H2,1-5H3,(H,27,29)/t20-,21+,22+/m0/s1. The number of nitrogens with zero attached hydrogens (tertiary/aromatic N) is 1. The largest absolute Gasteiger partial charge is 0.493 e. The summed E-state index contributed by atoms with van der Waals surface area (Å²) in [6.07, 6.45) is 2.04. The molecular weight excluding hydrogens is 468 g/mol. The molecule has 8 nitrogen and oxygen atoms in total.